The molecule has 1 aromatic heterocycles. The van der Waals surface area contributed by atoms with Crippen LogP contribution >= 0.6 is 11.3 Å². The van der Waals surface area contributed by atoms with Crippen molar-refractivity contribution in [1.82, 2.24) is 4.90 Å². The number of nitrogens with zero attached hydrogens (tertiary/aromatic N) is 1. The zero-order chi connectivity index (χ0) is 15.8. The predicted molar refractivity (Wildman–Crippen MR) is 83.5 cm³/mol. The molecule has 0 saturated heterocycles. The van der Waals surface area contributed by atoms with Crippen molar-refractivity contribution in [1.29, 1.82) is 0 Å². The van der Waals surface area contributed by atoms with Crippen molar-refractivity contribution < 1.29 is 18.3 Å². The topological polar surface area (TPSA) is 74.7 Å². The van der Waals surface area contributed by atoms with Crippen LogP contribution in [0.3, 0.4) is 0 Å². The third-order valence-electron chi connectivity index (χ3n) is 3.88. The van der Waals surface area contributed by atoms with Crippen LogP contribution in [0.4, 0.5) is 0 Å². The molecular formula is C14H21NO4S2. The van der Waals surface area contributed by atoms with Gasteiger partial charge in [0.05, 0.1) is 10.5 Å². The summed E-state index contributed by atoms with van der Waals surface area (Å²) in [6, 6.07) is 1.11. The molecular weight excluding hydrogens is 310 g/mol. The number of carboxylic acid groups (broad SMARTS) is 1. The van der Waals surface area contributed by atoms with Crippen molar-refractivity contribution in [3.63, 3.8) is 0 Å². The molecule has 0 radical (unpaired) electrons. The van der Waals surface area contributed by atoms with Gasteiger partial charge in [0.15, 0.2) is 9.84 Å². The average molecular weight is 331 g/mol. The third-order valence-corrected chi connectivity index (χ3v) is 7.46. The van der Waals surface area contributed by atoms with Crippen molar-refractivity contribution >= 4 is 27.1 Å². The van der Waals surface area contributed by atoms with Crippen LogP contribution in [0, 0.1) is 0 Å². The Morgan fingerprint density at radius 1 is 1.48 bits per heavy atom. The number of rotatable bonds is 4. The number of aliphatic carboxylic acids is 1. The van der Waals surface area contributed by atoms with E-state index >= 15 is 0 Å². The van der Waals surface area contributed by atoms with Crippen molar-refractivity contribution in [2.24, 2.45) is 0 Å². The Balaban J connectivity index is 2.16. The summed E-state index contributed by atoms with van der Waals surface area (Å²) in [7, 11) is -3.24. The normalized spacial score (nSPS) is 20.2. The summed E-state index contributed by atoms with van der Waals surface area (Å²) in [5, 5.41) is 11.4. The molecule has 1 aromatic rings. The van der Waals surface area contributed by atoms with Crippen LogP contribution in [0.1, 0.15) is 37.3 Å². The smallest absolute Gasteiger partial charge is 0.325 e. The maximum Gasteiger partial charge on any atom is 0.325 e. The van der Waals surface area contributed by atoms with E-state index in [1.54, 1.807) is 37.0 Å². The van der Waals surface area contributed by atoms with Crippen LogP contribution in [0.2, 0.25) is 0 Å². The summed E-state index contributed by atoms with van der Waals surface area (Å²) >= 11 is 1.57. The standard InChI is InChI=1S/C14H21NO4S2/c1-14(2,3)21(18,19)9-7-15-6-4-11-10(5-8-20-11)12(15)13(16)17/h5,8,12H,4,6-7,9H2,1-3H3,(H,16,17). The van der Waals surface area contributed by atoms with Gasteiger partial charge in [-0.3, -0.25) is 9.69 Å². The fraction of sp³-hybridized carbons (Fsp3) is 0.643. The van der Waals surface area contributed by atoms with Crippen molar-refractivity contribution in [3.8, 4) is 0 Å². The summed E-state index contributed by atoms with van der Waals surface area (Å²) < 4.78 is 23.6. The van der Waals surface area contributed by atoms with E-state index in [0.717, 1.165) is 16.9 Å². The lowest BCUT2D eigenvalue weighted by Gasteiger charge is -2.33. The fourth-order valence-corrected chi connectivity index (χ4v) is 4.43. The van der Waals surface area contributed by atoms with Crippen LogP contribution < -0.4 is 0 Å². The minimum atomic E-state index is -3.24. The van der Waals surface area contributed by atoms with Gasteiger partial charge in [-0.25, -0.2) is 8.42 Å². The van der Waals surface area contributed by atoms with Gasteiger partial charge in [-0.2, -0.15) is 0 Å². The van der Waals surface area contributed by atoms with Gasteiger partial charge in [0.1, 0.15) is 6.04 Å². The lowest BCUT2D eigenvalue weighted by molar-refractivity contribution is -0.143. The molecule has 0 saturated carbocycles. The van der Waals surface area contributed by atoms with Gasteiger partial charge < -0.3 is 5.11 Å². The molecule has 0 amide bonds. The lowest BCUT2D eigenvalue weighted by Crippen LogP contribution is -2.43. The second-order valence-corrected chi connectivity index (χ2v) is 10.1. The summed E-state index contributed by atoms with van der Waals surface area (Å²) in [5.74, 6) is -0.928. The average Bonchev–Trinajstić information content (AvgIpc) is 2.81. The Morgan fingerprint density at radius 3 is 2.71 bits per heavy atom. The van der Waals surface area contributed by atoms with Crippen LogP contribution in [-0.2, 0) is 21.1 Å². The molecule has 7 heteroatoms. The SMILES string of the molecule is CC(C)(C)S(=O)(=O)CCN1CCc2sccc2C1C(=O)O. The van der Waals surface area contributed by atoms with Gasteiger partial charge in [-0.15, -0.1) is 11.3 Å². The van der Waals surface area contributed by atoms with E-state index in [1.807, 2.05) is 11.4 Å². The largest absolute Gasteiger partial charge is 0.480 e. The first kappa shape index (κ1) is 16.5. The predicted octanol–water partition coefficient (Wildman–Crippen LogP) is 1.95. The first-order valence-corrected chi connectivity index (χ1v) is 9.42. The summed E-state index contributed by atoms with van der Waals surface area (Å²) in [5.41, 5.74) is 0.812. The van der Waals surface area contributed by atoms with Crippen LogP contribution in [0.5, 0.6) is 0 Å². The number of fused-ring (bicyclic) bond motifs is 1. The molecule has 1 unspecified atom stereocenters. The Hall–Kier alpha value is -0.920. The molecule has 2 rings (SSSR count). The number of carbonyl (C=O) groups is 1. The molecule has 1 atom stereocenters. The van der Waals surface area contributed by atoms with Gasteiger partial charge in [-0.05, 0) is 44.2 Å². The van der Waals surface area contributed by atoms with Crippen LogP contribution in [0.25, 0.3) is 0 Å². The molecule has 21 heavy (non-hydrogen) atoms. The number of sulfone groups is 1. The summed E-state index contributed by atoms with van der Waals surface area (Å²) in [6.07, 6.45) is 0.784. The van der Waals surface area contributed by atoms with Crippen LogP contribution in [-0.4, -0.2) is 48.0 Å². The van der Waals surface area contributed by atoms with E-state index in [-0.39, 0.29) is 12.3 Å². The maximum atomic E-state index is 12.2. The van der Waals surface area contributed by atoms with E-state index in [4.69, 9.17) is 0 Å². The molecule has 1 aliphatic heterocycles. The molecule has 0 fully saturated rings. The minimum absolute atomic E-state index is 0.0141. The van der Waals surface area contributed by atoms with Crippen molar-refractivity contribution in [2.75, 3.05) is 18.8 Å². The first-order valence-electron chi connectivity index (χ1n) is 6.89. The molecule has 1 aliphatic rings. The van der Waals surface area contributed by atoms with Gasteiger partial charge >= 0.3 is 5.97 Å². The van der Waals surface area contributed by atoms with E-state index in [2.05, 4.69) is 0 Å². The molecule has 0 aliphatic carbocycles. The Bertz CT molecular complexity index is 628. The van der Waals surface area contributed by atoms with E-state index < -0.39 is 26.6 Å². The Kier molecular flexibility index (Phi) is 4.46. The Labute approximate surface area is 129 Å². The highest BCUT2D eigenvalue weighted by Gasteiger charge is 2.36. The molecule has 2 heterocycles. The number of carboxylic acids is 1. The summed E-state index contributed by atoms with van der Waals surface area (Å²) in [6.45, 7) is 5.86. The monoisotopic (exact) mass is 331 g/mol. The maximum absolute atomic E-state index is 12.2. The highest BCUT2D eigenvalue weighted by atomic mass is 32.2. The molecule has 5 nitrogen and oxygen atoms in total. The lowest BCUT2D eigenvalue weighted by atomic mass is 10.0. The number of hydrogen-bond donors (Lipinski definition) is 1. The fourth-order valence-electron chi connectivity index (χ4n) is 2.44. The molecule has 1 N–H and O–H groups in total. The third kappa shape index (κ3) is 3.30. The van der Waals surface area contributed by atoms with E-state index in [0.29, 0.717) is 6.54 Å². The van der Waals surface area contributed by atoms with Crippen molar-refractivity contribution in [2.45, 2.75) is 38.0 Å². The summed E-state index contributed by atoms with van der Waals surface area (Å²) in [4.78, 5) is 14.4. The highest BCUT2D eigenvalue weighted by molar-refractivity contribution is 7.92. The second kappa shape index (κ2) is 5.70. The second-order valence-electron chi connectivity index (χ2n) is 6.26. The van der Waals surface area contributed by atoms with Gasteiger partial charge in [-0.1, -0.05) is 0 Å². The van der Waals surface area contributed by atoms with Gasteiger partial charge in [0.2, 0.25) is 0 Å². The van der Waals surface area contributed by atoms with E-state index in [1.165, 1.54) is 0 Å². The van der Waals surface area contributed by atoms with Gasteiger partial charge in [0.25, 0.3) is 0 Å². The molecule has 118 valence electrons. The van der Waals surface area contributed by atoms with Crippen molar-refractivity contribution in [3.05, 3.63) is 21.9 Å². The highest BCUT2D eigenvalue weighted by Crippen LogP contribution is 2.33. The minimum Gasteiger partial charge on any atom is -0.480 e. The van der Waals surface area contributed by atoms with Gasteiger partial charge in [0, 0.05) is 18.0 Å². The quantitative estimate of drug-likeness (QED) is 0.913. The van der Waals surface area contributed by atoms with Crippen LogP contribution in [0.15, 0.2) is 11.4 Å². The zero-order valence-electron chi connectivity index (χ0n) is 12.5. The number of thiophene rings is 1. The first-order chi connectivity index (χ1) is 9.63. The van der Waals surface area contributed by atoms with E-state index in [9.17, 15) is 18.3 Å². The molecule has 0 bridgehead atoms. The molecule has 0 spiro atoms. The Morgan fingerprint density at radius 2 is 2.14 bits per heavy atom. The zero-order valence-corrected chi connectivity index (χ0v) is 14.1. The number of hydrogen-bond acceptors (Lipinski definition) is 5. The molecule has 0 aromatic carbocycles.